The third-order valence-corrected chi connectivity index (χ3v) is 3.02. The van der Waals surface area contributed by atoms with Crippen LogP contribution in [0, 0.1) is 5.82 Å². The molecule has 1 aliphatic carbocycles. The van der Waals surface area contributed by atoms with Crippen LogP contribution < -0.4 is 5.32 Å². The van der Waals surface area contributed by atoms with Crippen LogP contribution in [0.2, 0.25) is 0 Å². The summed E-state index contributed by atoms with van der Waals surface area (Å²) in [6, 6.07) is 7.39. The van der Waals surface area contributed by atoms with Gasteiger partial charge in [0.2, 0.25) is 0 Å². The maximum Gasteiger partial charge on any atom is 0.132 e. The molecule has 0 spiro atoms. The topological polar surface area (TPSA) is 40.7 Å². The van der Waals surface area contributed by atoms with E-state index in [9.17, 15) is 4.39 Å². The molecule has 0 amide bonds. The fourth-order valence-electron chi connectivity index (χ4n) is 1.88. The van der Waals surface area contributed by atoms with Crippen molar-refractivity contribution in [1.29, 1.82) is 0 Å². The van der Waals surface area contributed by atoms with E-state index in [0.717, 1.165) is 17.8 Å². The molecule has 88 valence electrons. The minimum Gasteiger partial charge on any atom is -0.310 e. The normalized spacial score (nSPS) is 15.1. The zero-order valence-corrected chi connectivity index (χ0v) is 9.41. The molecule has 3 rings (SSSR count). The predicted octanol–water partition coefficient (Wildman–Crippen LogP) is 2.47. The SMILES string of the molecule is Fc1ccccc1-c1[nH]ncc1CNC1CC1. The Balaban J connectivity index is 1.86. The van der Waals surface area contributed by atoms with Gasteiger partial charge in [-0.15, -0.1) is 0 Å². The molecule has 4 heteroatoms. The van der Waals surface area contributed by atoms with Crippen molar-refractivity contribution in [3.05, 3.63) is 41.8 Å². The molecule has 1 fully saturated rings. The first-order chi connectivity index (χ1) is 8.34. The molecule has 0 radical (unpaired) electrons. The van der Waals surface area contributed by atoms with Crippen LogP contribution in [0.15, 0.2) is 30.5 Å². The Morgan fingerprint density at radius 3 is 2.94 bits per heavy atom. The van der Waals surface area contributed by atoms with E-state index in [1.54, 1.807) is 18.3 Å². The van der Waals surface area contributed by atoms with Crippen LogP contribution in [0.3, 0.4) is 0 Å². The van der Waals surface area contributed by atoms with Gasteiger partial charge in [-0.25, -0.2) is 4.39 Å². The molecule has 0 atom stereocenters. The summed E-state index contributed by atoms with van der Waals surface area (Å²) in [6.45, 7) is 0.741. The molecule has 17 heavy (non-hydrogen) atoms. The third kappa shape index (κ3) is 2.22. The summed E-state index contributed by atoms with van der Waals surface area (Å²) < 4.78 is 13.7. The molecule has 1 aliphatic rings. The van der Waals surface area contributed by atoms with Crippen LogP contribution in [0.25, 0.3) is 11.3 Å². The first-order valence-electron chi connectivity index (χ1n) is 5.85. The summed E-state index contributed by atoms with van der Waals surface area (Å²) in [5.74, 6) is -0.218. The standard InChI is InChI=1S/C13H14FN3/c14-12-4-2-1-3-11(12)13-9(8-16-17-13)7-15-10-5-6-10/h1-4,8,10,15H,5-7H2,(H,16,17). The zero-order chi connectivity index (χ0) is 11.7. The first kappa shape index (κ1) is 10.5. The van der Waals surface area contributed by atoms with Gasteiger partial charge >= 0.3 is 0 Å². The highest BCUT2D eigenvalue weighted by Gasteiger charge is 2.21. The van der Waals surface area contributed by atoms with Crippen LogP contribution in [0.1, 0.15) is 18.4 Å². The highest BCUT2D eigenvalue weighted by atomic mass is 19.1. The fraction of sp³-hybridized carbons (Fsp3) is 0.308. The van der Waals surface area contributed by atoms with Gasteiger partial charge in [0.1, 0.15) is 5.82 Å². The van der Waals surface area contributed by atoms with Crippen LogP contribution >= 0.6 is 0 Å². The lowest BCUT2D eigenvalue weighted by atomic mass is 10.1. The third-order valence-electron chi connectivity index (χ3n) is 3.02. The van der Waals surface area contributed by atoms with Crippen molar-refractivity contribution in [3.63, 3.8) is 0 Å². The molecule has 0 bridgehead atoms. The van der Waals surface area contributed by atoms with Gasteiger partial charge in [0, 0.05) is 23.7 Å². The number of hydrogen-bond donors (Lipinski definition) is 2. The number of aromatic nitrogens is 2. The Bertz CT molecular complexity index is 517. The van der Waals surface area contributed by atoms with Crippen molar-refractivity contribution in [2.24, 2.45) is 0 Å². The average Bonchev–Trinajstić information content (AvgIpc) is 3.06. The number of rotatable bonds is 4. The number of hydrogen-bond acceptors (Lipinski definition) is 2. The van der Waals surface area contributed by atoms with E-state index >= 15 is 0 Å². The number of aromatic amines is 1. The average molecular weight is 231 g/mol. The van der Waals surface area contributed by atoms with E-state index in [0.29, 0.717) is 11.6 Å². The van der Waals surface area contributed by atoms with Gasteiger partial charge in [-0.3, -0.25) is 5.10 Å². The molecular weight excluding hydrogens is 217 g/mol. The minimum atomic E-state index is -0.218. The highest BCUT2D eigenvalue weighted by molar-refractivity contribution is 5.63. The largest absolute Gasteiger partial charge is 0.310 e. The van der Waals surface area contributed by atoms with Crippen molar-refractivity contribution in [2.75, 3.05) is 0 Å². The minimum absolute atomic E-state index is 0.218. The Labute approximate surface area is 99.1 Å². The molecule has 1 saturated carbocycles. The van der Waals surface area contributed by atoms with Crippen molar-refractivity contribution in [3.8, 4) is 11.3 Å². The summed E-state index contributed by atoms with van der Waals surface area (Å²) in [7, 11) is 0. The van der Waals surface area contributed by atoms with E-state index in [2.05, 4.69) is 15.5 Å². The molecular formula is C13H14FN3. The molecule has 2 aromatic rings. The van der Waals surface area contributed by atoms with Gasteiger partial charge in [0.25, 0.3) is 0 Å². The predicted molar refractivity (Wildman–Crippen MR) is 63.8 cm³/mol. The Kier molecular flexibility index (Phi) is 2.65. The van der Waals surface area contributed by atoms with Gasteiger partial charge in [-0.1, -0.05) is 12.1 Å². The zero-order valence-electron chi connectivity index (χ0n) is 9.41. The van der Waals surface area contributed by atoms with Gasteiger partial charge in [-0.2, -0.15) is 5.10 Å². The van der Waals surface area contributed by atoms with Crippen LogP contribution in [-0.4, -0.2) is 16.2 Å². The molecule has 0 unspecified atom stereocenters. The molecule has 2 N–H and O–H groups in total. The van der Waals surface area contributed by atoms with Gasteiger partial charge in [0.15, 0.2) is 0 Å². The summed E-state index contributed by atoms with van der Waals surface area (Å²) in [4.78, 5) is 0. The smallest absolute Gasteiger partial charge is 0.132 e. The Hall–Kier alpha value is -1.68. The van der Waals surface area contributed by atoms with Crippen LogP contribution in [0.5, 0.6) is 0 Å². The van der Waals surface area contributed by atoms with Gasteiger partial charge in [-0.05, 0) is 25.0 Å². The highest BCUT2D eigenvalue weighted by Crippen LogP contribution is 2.25. The summed E-state index contributed by atoms with van der Waals surface area (Å²) in [5.41, 5.74) is 2.37. The fourth-order valence-corrected chi connectivity index (χ4v) is 1.88. The number of nitrogens with zero attached hydrogens (tertiary/aromatic N) is 1. The quantitative estimate of drug-likeness (QED) is 0.848. The second-order valence-corrected chi connectivity index (χ2v) is 4.41. The summed E-state index contributed by atoms with van der Waals surface area (Å²) in [6.07, 6.45) is 4.25. The summed E-state index contributed by atoms with van der Waals surface area (Å²) >= 11 is 0. The Morgan fingerprint density at radius 1 is 1.35 bits per heavy atom. The number of nitrogens with one attached hydrogen (secondary N) is 2. The van der Waals surface area contributed by atoms with E-state index in [1.807, 2.05) is 6.07 Å². The lowest BCUT2D eigenvalue weighted by molar-refractivity contribution is 0.630. The Morgan fingerprint density at radius 2 is 2.18 bits per heavy atom. The van der Waals surface area contributed by atoms with E-state index in [4.69, 9.17) is 0 Å². The van der Waals surface area contributed by atoms with Crippen LogP contribution in [-0.2, 0) is 6.54 Å². The number of benzene rings is 1. The van der Waals surface area contributed by atoms with Crippen molar-refractivity contribution in [1.82, 2.24) is 15.5 Å². The van der Waals surface area contributed by atoms with E-state index < -0.39 is 0 Å². The monoisotopic (exact) mass is 231 g/mol. The van der Waals surface area contributed by atoms with Crippen molar-refractivity contribution in [2.45, 2.75) is 25.4 Å². The molecule has 1 aromatic heterocycles. The van der Waals surface area contributed by atoms with Gasteiger partial charge < -0.3 is 5.32 Å². The maximum absolute atomic E-state index is 13.7. The summed E-state index contributed by atoms with van der Waals surface area (Å²) in [5, 5.41) is 10.3. The van der Waals surface area contributed by atoms with Crippen molar-refractivity contribution < 1.29 is 4.39 Å². The van der Waals surface area contributed by atoms with Crippen molar-refractivity contribution >= 4 is 0 Å². The lowest BCUT2D eigenvalue weighted by Gasteiger charge is -2.05. The van der Waals surface area contributed by atoms with E-state index in [-0.39, 0.29) is 5.82 Å². The molecule has 0 saturated heterocycles. The van der Waals surface area contributed by atoms with Crippen LogP contribution in [0.4, 0.5) is 4.39 Å². The molecule has 1 aromatic carbocycles. The van der Waals surface area contributed by atoms with E-state index in [1.165, 1.54) is 18.9 Å². The van der Waals surface area contributed by atoms with Gasteiger partial charge in [0.05, 0.1) is 11.9 Å². The number of H-pyrrole nitrogens is 1. The molecule has 1 heterocycles. The number of halogens is 1. The maximum atomic E-state index is 13.7. The molecule has 3 nitrogen and oxygen atoms in total. The lowest BCUT2D eigenvalue weighted by Crippen LogP contribution is -2.15. The second kappa shape index (κ2) is 4.30. The second-order valence-electron chi connectivity index (χ2n) is 4.41. The first-order valence-corrected chi connectivity index (χ1v) is 5.85. The molecule has 0 aliphatic heterocycles.